The molecule has 0 spiro atoms. The summed E-state index contributed by atoms with van der Waals surface area (Å²) in [7, 11) is -0.728. The van der Waals surface area contributed by atoms with E-state index in [1.54, 1.807) is 6.07 Å². The number of anilines is 1. The van der Waals surface area contributed by atoms with Gasteiger partial charge in [0.25, 0.3) is 5.91 Å². The predicted molar refractivity (Wildman–Crippen MR) is 81.8 cm³/mol. The molecule has 0 aliphatic carbocycles. The molecule has 1 amide bonds. The number of nitrogens with one attached hydrogen (secondary N) is 2. The molecule has 1 aliphatic heterocycles. The number of aromatic nitrogens is 1. The molecule has 0 unspecified atom stereocenters. The van der Waals surface area contributed by atoms with E-state index in [0.29, 0.717) is 27.9 Å². The lowest BCUT2D eigenvalue weighted by molar-refractivity contribution is 0.0934. The zero-order valence-corrected chi connectivity index (χ0v) is 12.9. The Labute approximate surface area is 126 Å². The number of hydrogen-bond donors (Lipinski definition) is 2. The second-order valence-electron chi connectivity index (χ2n) is 4.68. The van der Waals surface area contributed by atoms with E-state index in [1.165, 1.54) is 6.20 Å². The summed E-state index contributed by atoms with van der Waals surface area (Å²) in [6.07, 6.45) is 2.98. The van der Waals surface area contributed by atoms with Crippen molar-refractivity contribution in [1.82, 2.24) is 10.3 Å². The van der Waals surface area contributed by atoms with Crippen molar-refractivity contribution in [3.8, 4) is 0 Å². The van der Waals surface area contributed by atoms with Crippen molar-refractivity contribution in [2.45, 2.75) is 25.8 Å². The van der Waals surface area contributed by atoms with Gasteiger partial charge in [-0.15, -0.1) is 0 Å². The summed E-state index contributed by atoms with van der Waals surface area (Å²) in [5.41, 5.74) is 0.421. The molecule has 0 aromatic carbocycles. The number of amides is 1. The van der Waals surface area contributed by atoms with Gasteiger partial charge in [-0.2, -0.15) is 0 Å². The lowest BCUT2D eigenvalue weighted by Crippen LogP contribution is -2.39. The summed E-state index contributed by atoms with van der Waals surface area (Å²) in [6.45, 7) is 2.68. The first-order chi connectivity index (χ1) is 9.60. The van der Waals surface area contributed by atoms with Crippen LogP contribution in [0.4, 0.5) is 5.82 Å². The van der Waals surface area contributed by atoms with Gasteiger partial charge in [0.2, 0.25) is 0 Å². The van der Waals surface area contributed by atoms with E-state index >= 15 is 0 Å². The first-order valence-corrected chi connectivity index (χ1v) is 8.52. The molecule has 1 fully saturated rings. The highest BCUT2D eigenvalue weighted by molar-refractivity contribution is 7.85. The van der Waals surface area contributed by atoms with Crippen LogP contribution in [-0.2, 0) is 10.8 Å². The van der Waals surface area contributed by atoms with Crippen LogP contribution in [0.5, 0.6) is 0 Å². The fourth-order valence-corrected chi connectivity index (χ4v) is 3.58. The standard InChI is InChI=1S/C13H18ClN3O2S/c1-2-15-12-7-10(11(14)8-16-12)13(18)17-9-3-5-20(19)6-4-9/h7-9H,2-6H2,1H3,(H,15,16)(H,17,18). The Morgan fingerprint density at radius 1 is 1.50 bits per heavy atom. The van der Waals surface area contributed by atoms with Crippen LogP contribution >= 0.6 is 11.6 Å². The van der Waals surface area contributed by atoms with Gasteiger partial charge >= 0.3 is 0 Å². The maximum atomic E-state index is 12.2. The lowest BCUT2D eigenvalue weighted by Gasteiger charge is -2.22. The van der Waals surface area contributed by atoms with Crippen molar-refractivity contribution in [2.75, 3.05) is 23.4 Å². The molecule has 2 rings (SSSR count). The third-order valence-electron chi connectivity index (χ3n) is 3.18. The first-order valence-electron chi connectivity index (χ1n) is 6.65. The Kier molecular flexibility index (Phi) is 5.37. The van der Waals surface area contributed by atoms with Gasteiger partial charge in [0.05, 0.1) is 10.6 Å². The molecule has 2 heterocycles. The van der Waals surface area contributed by atoms with Gasteiger partial charge in [-0.1, -0.05) is 11.6 Å². The Balaban J connectivity index is 2.04. The van der Waals surface area contributed by atoms with Crippen LogP contribution in [0.2, 0.25) is 5.02 Å². The summed E-state index contributed by atoms with van der Waals surface area (Å²) in [5.74, 6) is 1.73. The predicted octanol–water partition coefficient (Wildman–Crippen LogP) is 1.81. The largest absolute Gasteiger partial charge is 0.370 e. The minimum Gasteiger partial charge on any atom is -0.370 e. The lowest BCUT2D eigenvalue weighted by atomic mass is 10.1. The summed E-state index contributed by atoms with van der Waals surface area (Å²) in [6, 6.07) is 1.73. The maximum Gasteiger partial charge on any atom is 0.253 e. The highest BCUT2D eigenvalue weighted by Gasteiger charge is 2.21. The van der Waals surface area contributed by atoms with Crippen LogP contribution in [0.1, 0.15) is 30.1 Å². The Morgan fingerprint density at radius 3 is 2.85 bits per heavy atom. The van der Waals surface area contributed by atoms with Gasteiger partial charge in [-0.3, -0.25) is 9.00 Å². The molecule has 7 heteroatoms. The number of carbonyl (C=O) groups excluding carboxylic acids is 1. The molecular weight excluding hydrogens is 298 g/mol. The molecule has 1 aliphatic rings. The Hall–Kier alpha value is -1.14. The second-order valence-corrected chi connectivity index (χ2v) is 6.78. The highest BCUT2D eigenvalue weighted by atomic mass is 35.5. The number of nitrogens with zero attached hydrogens (tertiary/aromatic N) is 1. The third kappa shape index (κ3) is 3.93. The molecule has 0 atom stereocenters. The van der Waals surface area contributed by atoms with Crippen LogP contribution < -0.4 is 10.6 Å². The number of carbonyl (C=O) groups is 1. The topological polar surface area (TPSA) is 71.1 Å². The van der Waals surface area contributed by atoms with Crippen LogP contribution in [0.25, 0.3) is 0 Å². The number of halogens is 1. The molecule has 0 bridgehead atoms. The average Bonchev–Trinajstić information content (AvgIpc) is 2.43. The van der Waals surface area contributed by atoms with Crippen molar-refractivity contribution in [1.29, 1.82) is 0 Å². The average molecular weight is 316 g/mol. The van der Waals surface area contributed by atoms with Gasteiger partial charge in [0.15, 0.2) is 0 Å². The van der Waals surface area contributed by atoms with Crippen LogP contribution in [-0.4, -0.2) is 39.2 Å². The zero-order valence-electron chi connectivity index (χ0n) is 11.3. The van der Waals surface area contributed by atoms with E-state index in [2.05, 4.69) is 15.6 Å². The first kappa shape index (κ1) is 15.3. The summed E-state index contributed by atoms with van der Waals surface area (Å²) in [5, 5.41) is 6.34. The molecule has 0 radical (unpaired) electrons. The Bertz CT molecular complexity index is 514. The minimum absolute atomic E-state index is 0.0759. The van der Waals surface area contributed by atoms with E-state index in [1.807, 2.05) is 6.92 Å². The normalized spacial score (nSPS) is 22.3. The molecule has 1 aromatic heterocycles. The van der Waals surface area contributed by atoms with Crippen LogP contribution in [0.3, 0.4) is 0 Å². The van der Waals surface area contributed by atoms with E-state index in [4.69, 9.17) is 11.6 Å². The Morgan fingerprint density at radius 2 is 2.20 bits per heavy atom. The number of rotatable bonds is 4. The molecule has 2 N–H and O–H groups in total. The van der Waals surface area contributed by atoms with Crippen molar-refractivity contribution < 1.29 is 9.00 Å². The van der Waals surface area contributed by atoms with Gasteiger partial charge in [0.1, 0.15) is 5.82 Å². The maximum absolute atomic E-state index is 12.2. The van der Waals surface area contributed by atoms with Gasteiger partial charge in [0, 0.05) is 41.1 Å². The van der Waals surface area contributed by atoms with Gasteiger partial charge < -0.3 is 10.6 Å². The summed E-state index contributed by atoms with van der Waals surface area (Å²) >= 11 is 6.03. The molecular formula is C13H18ClN3O2S. The molecule has 110 valence electrons. The number of hydrogen-bond acceptors (Lipinski definition) is 4. The third-order valence-corrected chi connectivity index (χ3v) is 4.86. The molecule has 0 saturated carbocycles. The quantitative estimate of drug-likeness (QED) is 0.889. The molecule has 1 saturated heterocycles. The van der Waals surface area contributed by atoms with Crippen molar-refractivity contribution >= 4 is 34.1 Å². The van der Waals surface area contributed by atoms with E-state index < -0.39 is 10.8 Å². The SMILES string of the molecule is CCNc1cc(C(=O)NC2CCS(=O)CC2)c(Cl)cn1. The number of pyridine rings is 1. The molecule has 1 aromatic rings. The van der Waals surface area contributed by atoms with Crippen molar-refractivity contribution in [3.05, 3.63) is 22.8 Å². The van der Waals surface area contributed by atoms with Crippen molar-refractivity contribution in [2.24, 2.45) is 0 Å². The molecule has 20 heavy (non-hydrogen) atoms. The minimum atomic E-state index is -0.728. The zero-order chi connectivity index (χ0) is 14.5. The summed E-state index contributed by atoms with van der Waals surface area (Å²) in [4.78, 5) is 16.3. The van der Waals surface area contributed by atoms with Crippen LogP contribution in [0.15, 0.2) is 12.3 Å². The van der Waals surface area contributed by atoms with E-state index in [-0.39, 0.29) is 11.9 Å². The van der Waals surface area contributed by atoms with Crippen molar-refractivity contribution in [3.63, 3.8) is 0 Å². The molecule has 5 nitrogen and oxygen atoms in total. The van der Waals surface area contributed by atoms with E-state index in [0.717, 1.165) is 19.4 Å². The smallest absolute Gasteiger partial charge is 0.253 e. The van der Waals surface area contributed by atoms with Gasteiger partial charge in [-0.05, 0) is 25.8 Å². The fourth-order valence-electron chi connectivity index (χ4n) is 2.09. The monoisotopic (exact) mass is 315 g/mol. The van der Waals surface area contributed by atoms with Gasteiger partial charge in [-0.25, -0.2) is 4.98 Å². The van der Waals surface area contributed by atoms with E-state index in [9.17, 15) is 9.00 Å². The van der Waals surface area contributed by atoms with Crippen LogP contribution in [0, 0.1) is 0 Å². The summed E-state index contributed by atoms with van der Waals surface area (Å²) < 4.78 is 11.3. The fraction of sp³-hybridized carbons (Fsp3) is 0.538. The second kappa shape index (κ2) is 7.04. The highest BCUT2D eigenvalue weighted by Crippen LogP contribution is 2.19.